The lowest BCUT2D eigenvalue weighted by atomic mass is 9.65. The molecule has 0 unspecified atom stereocenters. The summed E-state index contributed by atoms with van der Waals surface area (Å²) in [6.07, 6.45) is 0. The molecular weight excluding hydrogens is 907 g/mol. The molecule has 0 saturated carbocycles. The lowest BCUT2D eigenvalue weighted by Crippen LogP contribution is -2.32. The molecule has 2 heteroatoms. The summed E-state index contributed by atoms with van der Waals surface area (Å²) in [5, 5.41) is 4.54. The van der Waals surface area contributed by atoms with Gasteiger partial charge in [0.05, 0.1) is 16.5 Å². The number of hydrogen-bond acceptors (Lipinski definition) is 2. The molecule has 2 spiro atoms. The van der Waals surface area contributed by atoms with Crippen LogP contribution in [0.2, 0.25) is 0 Å². The standard InChI is InChI=1S/C73H47NO/c1-71(2)57-27-12-11-26-55(57)68-63(71)32-17-33-67(68)74(46-37-41-62-56(42-46)53-25-10-16-31-61(53)72(62)58-28-13-7-22-50(58)51-23-8-14-29-59(51)72)47-36-38-54-52-24-9-15-30-60(52)73(66(54)43-47)64-39-34-44-18-3-5-20-48(44)69(64)75-70-49-21-6-4-19-45(49)35-40-65(70)73/h3-43H,1-2H3. The van der Waals surface area contributed by atoms with Gasteiger partial charge in [0.25, 0.3) is 0 Å². The van der Waals surface area contributed by atoms with Crippen LogP contribution in [-0.2, 0) is 16.2 Å². The molecule has 5 aliphatic rings. The molecule has 12 aromatic rings. The molecule has 0 bridgehead atoms. The van der Waals surface area contributed by atoms with Crippen LogP contribution in [0.5, 0.6) is 11.5 Å². The third-order valence-electron chi connectivity index (χ3n) is 18.1. The summed E-state index contributed by atoms with van der Waals surface area (Å²) in [6.45, 7) is 4.78. The Morgan fingerprint density at radius 3 is 1.29 bits per heavy atom. The Kier molecular flexibility index (Phi) is 7.97. The third-order valence-corrected chi connectivity index (χ3v) is 18.1. The normalized spacial score (nSPS) is 15.2. The summed E-state index contributed by atoms with van der Waals surface area (Å²) in [5.74, 6) is 1.84. The first-order valence-electron chi connectivity index (χ1n) is 26.4. The summed E-state index contributed by atoms with van der Waals surface area (Å²) in [4.78, 5) is 2.58. The monoisotopic (exact) mass is 953 g/mol. The van der Waals surface area contributed by atoms with E-state index < -0.39 is 10.8 Å². The number of hydrogen-bond donors (Lipinski definition) is 0. The molecule has 0 amide bonds. The molecule has 17 rings (SSSR count). The summed E-state index contributed by atoms with van der Waals surface area (Å²) < 4.78 is 7.38. The third kappa shape index (κ3) is 5.00. The van der Waals surface area contributed by atoms with Crippen LogP contribution in [0.25, 0.3) is 66.1 Å². The van der Waals surface area contributed by atoms with Crippen molar-refractivity contribution in [1.29, 1.82) is 0 Å². The molecule has 350 valence electrons. The molecule has 0 atom stereocenters. The Bertz CT molecular complexity index is 4380. The molecule has 12 aromatic carbocycles. The van der Waals surface area contributed by atoms with Crippen molar-refractivity contribution in [2.75, 3.05) is 4.90 Å². The summed E-state index contributed by atoms with van der Waals surface area (Å²) in [5.41, 5.74) is 25.2. The van der Waals surface area contributed by atoms with Crippen LogP contribution in [-0.4, -0.2) is 0 Å². The van der Waals surface area contributed by atoms with Crippen molar-refractivity contribution in [2.45, 2.75) is 30.1 Å². The van der Waals surface area contributed by atoms with Gasteiger partial charge in [-0.1, -0.05) is 232 Å². The second kappa shape index (κ2) is 14.5. The molecule has 75 heavy (non-hydrogen) atoms. The molecule has 4 aliphatic carbocycles. The number of fused-ring (bicyclic) bond motifs is 26. The second-order valence-corrected chi connectivity index (χ2v) is 21.8. The highest BCUT2D eigenvalue weighted by Crippen LogP contribution is 2.67. The molecule has 0 aromatic heterocycles. The van der Waals surface area contributed by atoms with E-state index in [1.807, 2.05) is 0 Å². The molecule has 1 heterocycles. The average molecular weight is 954 g/mol. The first-order chi connectivity index (χ1) is 37.0. The summed E-state index contributed by atoms with van der Waals surface area (Å²) in [6, 6.07) is 93.9. The molecular formula is C73H47NO. The largest absolute Gasteiger partial charge is 0.455 e. The van der Waals surface area contributed by atoms with Crippen LogP contribution in [0.3, 0.4) is 0 Å². The van der Waals surface area contributed by atoms with Gasteiger partial charge >= 0.3 is 0 Å². The van der Waals surface area contributed by atoms with Crippen molar-refractivity contribution in [2.24, 2.45) is 0 Å². The van der Waals surface area contributed by atoms with E-state index in [0.717, 1.165) is 61.2 Å². The van der Waals surface area contributed by atoms with Gasteiger partial charge in [-0.3, -0.25) is 0 Å². The van der Waals surface area contributed by atoms with Crippen molar-refractivity contribution < 1.29 is 4.74 Å². The minimum absolute atomic E-state index is 0.190. The molecule has 0 saturated heterocycles. The van der Waals surface area contributed by atoms with Crippen molar-refractivity contribution in [3.63, 3.8) is 0 Å². The Labute approximate surface area is 436 Å². The van der Waals surface area contributed by atoms with Gasteiger partial charge in [0.1, 0.15) is 11.5 Å². The predicted octanol–water partition coefficient (Wildman–Crippen LogP) is 18.6. The van der Waals surface area contributed by atoms with Crippen LogP contribution in [0.1, 0.15) is 69.5 Å². The summed E-state index contributed by atoms with van der Waals surface area (Å²) >= 11 is 0. The first kappa shape index (κ1) is 41.3. The van der Waals surface area contributed by atoms with Crippen molar-refractivity contribution >= 4 is 38.6 Å². The highest BCUT2D eigenvalue weighted by Gasteiger charge is 2.54. The fraction of sp³-hybridized carbons (Fsp3) is 0.0685. The number of ether oxygens (including phenoxy) is 1. The van der Waals surface area contributed by atoms with E-state index in [1.54, 1.807) is 0 Å². The van der Waals surface area contributed by atoms with Gasteiger partial charge in [-0.2, -0.15) is 0 Å². The molecule has 2 nitrogen and oxygen atoms in total. The minimum atomic E-state index is -0.704. The fourth-order valence-electron chi connectivity index (χ4n) is 15.1. The Hall–Kier alpha value is -9.24. The molecule has 0 N–H and O–H groups in total. The van der Waals surface area contributed by atoms with Crippen LogP contribution in [0.15, 0.2) is 249 Å². The lowest BCUT2D eigenvalue weighted by Gasteiger charge is -2.40. The maximum absolute atomic E-state index is 7.38. The van der Waals surface area contributed by atoms with Crippen LogP contribution < -0.4 is 9.64 Å². The van der Waals surface area contributed by atoms with E-state index in [4.69, 9.17) is 4.74 Å². The zero-order chi connectivity index (χ0) is 49.4. The average Bonchev–Trinajstić information content (AvgIpc) is 4.32. The zero-order valence-electron chi connectivity index (χ0n) is 41.5. The van der Waals surface area contributed by atoms with E-state index in [0.29, 0.717) is 0 Å². The van der Waals surface area contributed by atoms with E-state index >= 15 is 0 Å². The number of rotatable bonds is 3. The maximum atomic E-state index is 7.38. The van der Waals surface area contributed by atoms with Crippen LogP contribution >= 0.6 is 0 Å². The first-order valence-corrected chi connectivity index (χ1v) is 26.4. The Morgan fingerprint density at radius 2 is 0.707 bits per heavy atom. The van der Waals surface area contributed by atoms with Gasteiger partial charge in [0.2, 0.25) is 0 Å². The van der Waals surface area contributed by atoms with Crippen molar-refractivity contribution in [1.82, 2.24) is 0 Å². The van der Waals surface area contributed by atoms with Gasteiger partial charge in [-0.25, -0.2) is 0 Å². The summed E-state index contributed by atoms with van der Waals surface area (Å²) in [7, 11) is 0. The fourth-order valence-corrected chi connectivity index (χ4v) is 15.1. The molecule has 1 aliphatic heterocycles. The highest BCUT2D eigenvalue weighted by molar-refractivity contribution is 6.03. The smallest absolute Gasteiger partial charge is 0.140 e. The Balaban J connectivity index is 0.971. The quantitative estimate of drug-likeness (QED) is 0.175. The van der Waals surface area contributed by atoms with E-state index in [1.165, 1.54) is 89.0 Å². The van der Waals surface area contributed by atoms with Gasteiger partial charge in [-0.05, 0) is 125 Å². The van der Waals surface area contributed by atoms with Crippen molar-refractivity contribution in [3.05, 3.63) is 304 Å². The van der Waals surface area contributed by atoms with Gasteiger partial charge < -0.3 is 9.64 Å². The zero-order valence-corrected chi connectivity index (χ0v) is 41.5. The van der Waals surface area contributed by atoms with E-state index in [9.17, 15) is 0 Å². The van der Waals surface area contributed by atoms with Crippen molar-refractivity contribution in [3.8, 4) is 56.0 Å². The number of benzene rings is 12. The predicted molar refractivity (Wildman–Crippen MR) is 307 cm³/mol. The van der Waals surface area contributed by atoms with E-state index in [2.05, 4.69) is 267 Å². The topological polar surface area (TPSA) is 12.5 Å². The Morgan fingerprint density at radius 1 is 0.293 bits per heavy atom. The van der Waals surface area contributed by atoms with Gasteiger partial charge in [0, 0.05) is 44.3 Å². The number of anilines is 3. The molecule has 0 fully saturated rings. The van der Waals surface area contributed by atoms with Crippen LogP contribution in [0.4, 0.5) is 17.1 Å². The highest BCUT2D eigenvalue weighted by atomic mass is 16.5. The van der Waals surface area contributed by atoms with Gasteiger partial charge in [-0.15, -0.1) is 0 Å². The minimum Gasteiger partial charge on any atom is -0.455 e. The second-order valence-electron chi connectivity index (χ2n) is 21.8. The van der Waals surface area contributed by atoms with E-state index in [-0.39, 0.29) is 5.41 Å². The molecule has 0 radical (unpaired) electrons. The number of nitrogens with zero attached hydrogens (tertiary/aromatic N) is 1. The van der Waals surface area contributed by atoms with Gasteiger partial charge in [0.15, 0.2) is 0 Å². The lowest BCUT2D eigenvalue weighted by molar-refractivity contribution is 0.447. The van der Waals surface area contributed by atoms with Crippen LogP contribution in [0, 0.1) is 0 Å². The SMILES string of the molecule is CC1(C)c2ccccc2-c2c(N(c3ccc4c(c3)-c3ccccc3C43c4ccccc4-c4ccccc43)c3ccc4c(c3)C3(c5ccccc5-4)c4ccc5ccccc5c4Oc4c3ccc3ccccc43)cccc21. The maximum Gasteiger partial charge on any atom is 0.140 e.